The van der Waals surface area contributed by atoms with Crippen molar-refractivity contribution < 1.29 is 28.3 Å². The summed E-state index contributed by atoms with van der Waals surface area (Å²) in [5, 5.41) is 27.1. The lowest BCUT2D eigenvalue weighted by Gasteiger charge is -2.16. The fraction of sp³-hybridized carbons (Fsp3) is 0.318. The molecule has 2 aromatic rings. The number of phenolic OH excluding ortho intramolecular Hbond substituents is 1. The summed E-state index contributed by atoms with van der Waals surface area (Å²) in [4.78, 5) is 24.7. The van der Waals surface area contributed by atoms with Crippen LogP contribution in [0.5, 0.6) is 5.75 Å². The van der Waals surface area contributed by atoms with Crippen molar-refractivity contribution in [3.63, 3.8) is 0 Å². The Morgan fingerprint density at radius 2 is 1.68 bits per heavy atom. The van der Waals surface area contributed by atoms with Gasteiger partial charge in [-0.25, -0.2) is 13.1 Å². The van der Waals surface area contributed by atoms with E-state index in [4.69, 9.17) is 16.8 Å². The second kappa shape index (κ2) is 11.3. The Morgan fingerprint density at radius 3 is 2.24 bits per heavy atom. The third-order valence-electron chi connectivity index (χ3n) is 4.67. The number of halogens is 1. The number of phenols is 1. The number of benzene rings is 2. The fourth-order valence-corrected chi connectivity index (χ4v) is 4.39. The number of aromatic hydroxyl groups is 1. The van der Waals surface area contributed by atoms with E-state index in [0.717, 1.165) is 11.6 Å². The number of hydrogen-bond acceptors (Lipinski definition) is 7. The molecule has 0 spiro atoms. The van der Waals surface area contributed by atoms with E-state index in [9.17, 15) is 23.1 Å². The third kappa shape index (κ3) is 7.17. The Hall–Kier alpha value is -3.15. The molecule has 0 radical (unpaired) electrons. The van der Waals surface area contributed by atoms with Crippen LogP contribution in [0.15, 0.2) is 46.4 Å². The van der Waals surface area contributed by atoms with Gasteiger partial charge in [-0.2, -0.15) is 0 Å². The Labute approximate surface area is 203 Å². The summed E-state index contributed by atoms with van der Waals surface area (Å²) >= 11 is 6.17. The molecule has 0 aliphatic rings. The highest BCUT2D eigenvalue weighted by Crippen LogP contribution is 2.34. The number of nitrogens with one attached hydrogen (secondary N) is 3. The number of anilines is 2. The second-order valence-electron chi connectivity index (χ2n) is 8.03. The first-order chi connectivity index (χ1) is 15.8. The molecule has 5 N–H and O–H groups in total. The van der Waals surface area contributed by atoms with Crippen LogP contribution in [0.2, 0.25) is 5.02 Å². The summed E-state index contributed by atoms with van der Waals surface area (Å²) in [5.74, 6) is -2.03. The van der Waals surface area contributed by atoms with Crippen LogP contribution in [-0.4, -0.2) is 42.3 Å². The molecule has 2 rings (SSSR count). The van der Waals surface area contributed by atoms with Gasteiger partial charge in [-0.05, 0) is 32.0 Å². The maximum Gasteiger partial charge on any atom is 0.273 e. The monoisotopic (exact) mass is 510 g/mol. The molecule has 10 nitrogen and oxygen atoms in total. The van der Waals surface area contributed by atoms with Crippen molar-refractivity contribution in [1.29, 1.82) is 0 Å². The van der Waals surface area contributed by atoms with Gasteiger partial charge in [0.25, 0.3) is 5.91 Å². The Bertz CT molecular complexity index is 1200. The first-order valence-corrected chi connectivity index (χ1v) is 12.1. The molecule has 1 unspecified atom stereocenters. The zero-order valence-corrected chi connectivity index (χ0v) is 20.7. The van der Waals surface area contributed by atoms with Gasteiger partial charge in [-0.15, -0.1) is 0 Å². The lowest BCUT2D eigenvalue weighted by atomic mass is 10.1. The zero-order chi connectivity index (χ0) is 25.6. The van der Waals surface area contributed by atoms with Crippen LogP contribution in [0.1, 0.15) is 32.8 Å². The lowest BCUT2D eigenvalue weighted by Crippen LogP contribution is -2.35. The molecule has 0 bridgehead atoms. The Kier molecular flexibility index (Phi) is 9.02. The van der Waals surface area contributed by atoms with Crippen LogP contribution in [-0.2, 0) is 19.6 Å². The van der Waals surface area contributed by atoms with Crippen molar-refractivity contribution in [2.75, 3.05) is 10.6 Å². The fourth-order valence-electron chi connectivity index (χ4n) is 2.94. The van der Waals surface area contributed by atoms with Crippen LogP contribution in [0.3, 0.4) is 0 Å². The van der Waals surface area contributed by atoms with Gasteiger partial charge >= 0.3 is 0 Å². The minimum absolute atomic E-state index is 0.0152. The van der Waals surface area contributed by atoms with Crippen molar-refractivity contribution in [2.45, 2.75) is 45.1 Å². The Morgan fingerprint density at radius 1 is 1.06 bits per heavy atom. The predicted octanol–water partition coefficient (Wildman–Crippen LogP) is 3.47. The number of sulfonamides is 1. The number of amides is 2. The number of carbonyl (C=O) groups excluding carboxylic acids is 2. The highest BCUT2D eigenvalue weighted by Gasteiger charge is 2.21. The van der Waals surface area contributed by atoms with E-state index in [1.54, 1.807) is 26.0 Å². The molecule has 12 heteroatoms. The van der Waals surface area contributed by atoms with Gasteiger partial charge in [0.15, 0.2) is 0 Å². The van der Waals surface area contributed by atoms with Gasteiger partial charge < -0.3 is 20.9 Å². The van der Waals surface area contributed by atoms with Crippen LogP contribution in [0.4, 0.5) is 11.4 Å². The molecular weight excluding hydrogens is 484 g/mol. The highest BCUT2D eigenvalue weighted by atomic mass is 35.5. The number of rotatable bonds is 9. The smallest absolute Gasteiger partial charge is 0.273 e. The van der Waals surface area contributed by atoms with E-state index < -0.39 is 27.9 Å². The van der Waals surface area contributed by atoms with Crippen LogP contribution in [0, 0.1) is 12.8 Å². The molecule has 0 fully saturated rings. The highest BCUT2D eigenvalue weighted by molar-refractivity contribution is 7.89. The molecule has 0 heterocycles. The summed E-state index contributed by atoms with van der Waals surface area (Å²) in [6.07, 6.45) is -0.203. The lowest BCUT2D eigenvalue weighted by molar-refractivity contribution is -0.116. The summed E-state index contributed by atoms with van der Waals surface area (Å²) < 4.78 is 27.4. The normalized spacial score (nSPS) is 12.9. The van der Waals surface area contributed by atoms with Crippen molar-refractivity contribution in [3.8, 4) is 5.75 Å². The molecular formula is C22H27ClN4O6S. The van der Waals surface area contributed by atoms with Gasteiger partial charge in [-0.3, -0.25) is 9.59 Å². The molecule has 0 saturated heterocycles. The van der Waals surface area contributed by atoms with E-state index in [1.165, 1.54) is 25.1 Å². The summed E-state index contributed by atoms with van der Waals surface area (Å²) in [5.41, 5.74) is 0.790. The van der Waals surface area contributed by atoms with Crippen molar-refractivity contribution in [1.82, 2.24) is 4.72 Å². The van der Waals surface area contributed by atoms with Gasteiger partial charge in [-0.1, -0.05) is 48.3 Å². The molecule has 0 saturated carbocycles. The van der Waals surface area contributed by atoms with E-state index >= 15 is 0 Å². The summed E-state index contributed by atoms with van der Waals surface area (Å²) in [6, 6.07) is 7.93. The zero-order valence-electron chi connectivity index (χ0n) is 19.1. The second-order valence-corrected chi connectivity index (χ2v) is 10.2. The number of aryl methyl sites for hydroxylation is 1. The Balaban J connectivity index is 2.05. The average Bonchev–Trinajstić information content (AvgIpc) is 2.71. The van der Waals surface area contributed by atoms with E-state index in [0.29, 0.717) is 0 Å². The minimum Gasteiger partial charge on any atom is -0.506 e. The predicted molar refractivity (Wildman–Crippen MR) is 130 cm³/mol. The molecule has 34 heavy (non-hydrogen) atoms. The summed E-state index contributed by atoms with van der Waals surface area (Å²) in [6.45, 7) is 6.69. The first-order valence-electron chi connectivity index (χ1n) is 10.3. The van der Waals surface area contributed by atoms with Crippen molar-refractivity contribution in [3.05, 3.63) is 47.0 Å². The average molecular weight is 511 g/mol. The maximum absolute atomic E-state index is 12.5. The van der Waals surface area contributed by atoms with Crippen molar-refractivity contribution >= 4 is 50.5 Å². The van der Waals surface area contributed by atoms with Crippen LogP contribution < -0.4 is 15.4 Å². The van der Waals surface area contributed by atoms with E-state index in [2.05, 4.69) is 20.5 Å². The number of carbonyl (C=O) groups is 2. The van der Waals surface area contributed by atoms with E-state index in [-0.39, 0.29) is 45.1 Å². The first kappa shape index (κ1) is 27.1. The largest absolute Gasteiger partial charge is 0.506 e. The topological polar surface area (TPSA) is 157 Å². The maximum atomic E-state index is 12.5. The third-order valence-corrected chi connectivity index (χ3v) is 6.59. The molecule has 184 valence electrons. The molecule has 0 aliphatic carbocycles. The van der Waals surface area contributed by atoms with Crippen LogP contribution in [0.25, 0.3) is 0 Å². The van der Waals surface area contributed by atoms with Gasteiger partial charge in [0.1, 0.15) is 11.5 Å². The SMILES string of the molecule is Cc1ccc(S(=O)(=O)NC(C)CC(=O)Nc2cc(O)c(NC(=O)/C(=N/O)C(C)C)cc2Cl)cc1. The molecule has 2 amide bonds. The molecule has 1 atom stereocenters. The molecule has 2 aromatic carbocycles. The van der Waals surface area contributed by atoms with E-state index in [1.807, 2.05) is 6.92 Å². The minimum atomic E-state index is -3.81. The van der Waals surface area contributed by atoms with Gasteiger partial charge in [0.05, 0.1) is 21.3 Å². The molecule has 0 aliphatic heterocycles. The molecule has 0 aromatic heterocycles. The van der Waals surface area contributed by atoms with Gasteiger partial charge in [0, 0.05) is 24.4 Å². The quantitative estimate of drug-likeness (QED) is 0.150. The number of nitrogens with zero attached hydrogens (tertiary/aromatic N) is 1. The number of hydrogen-bond donors (Lipinski definition) is 5. The standard InChI is InChI=1S/C22H27ClN4O6S/c1-12(2)21(26-31)22(30)25-18-10-16(23)17(11-19(18)28)24-20(29)9-14(4)27-34(32,33)15-7-5-13(3)6-8-15/h5-8,10-12,14,27-28,31H,9H2,1-4H3,(H,24,29)(H,25,30)/b26-21+. The van der Waals surface area contributed by atoms with Crippen LogP contribution >= 0.6 is 11.6 Å². The summed E-state index contributed by atoms with van der Waals surface area (Å²) in [7, 11) is -3.81. The number of oxime groups is 1. The van der Waals surface area contributed by atoms with Crippen molar-refractivity contribution in [2.24, 2.45) is 11.1 Å². The van der Waals surface area contributed by atoms with Gasteiger partial charge in [0.2, 0.25) is 15.9 Å².